The Labute approximate surface area is 241 Å². The molecule has 0 fully saturated rings. The number of benzene rings is 2. The van der Waals surface area contributed by atoms with Crippen LogP contribution in [0.5, 0.6) is 0 Å². The summed E-state index contributed by atoms with van der Waals surface area (Å²) in [5.74, 6) is -1.86. The van der Waals surface area contributed by atoms with Gasteiger partial charge in [0.2, 0.25) is 5.95 Å². The highest BCUT2D eigenvalue weighted by atomic mass is 35.5. The predicted octanol–water partition coefficient (Wildman–Crippen LogP) is 5.43. The van der Waals surface area contributed by atoms with Crippen LogP contribution >= 0.6 is 22.9 Å². The van der Waals surface area contributed by atoms with Crippen molar-refractivity contribution in [3.05, 3.63) is 70.2 Å². The molecule has 0 aliphatic carbocycles. The van der Waals surface area contributed by atoms with Crippen molar-refractivity contribution < 1.29 is 23.1 Å². The first-order valence-corrected chi connectivity index (χ1v) is 13.5. The largest absolute Gasteiger partial charge is 0.490 e. The highest BCUT2D eigenvalue weighted by molar-refractivity contribution is 7.22. The number of halogens is 4. The van der Waals surface area contributed by atoms with Crippen molar-refractivity contribution in [2.45, 2.75) is 19.1 Å². The molecule has 5 aromatic rings. The second kappa shape index (κ2) is 12.3. The van der Waals surface area contributed by atoms with Crippen molar-refractivity contribution >= 4 is 56.1 Å². The van der Waals surface area contributed by atoms with Gasteiger partial charge in [0.15, 0.2) is 0 Å². The van der Waals surface area contributed by atoms with E-state index >= 15 is 0 Å². The molecule has 41 heavy (non-hydrogen) atoms. The lowest BCUT2D eigenvalue weighted by Crippen LogP contribution is -2.21. The van der Waals surface area contributed by atoms with Gasteiger partial charge in [0.05, 0.1) is 22.2 Å². The van der Waals surface area contributed by atoms with Crippen LogP contribution in [0.15, 0.2) is 59.7 Å². The minimum atomic E-state index is -5.08. The number of thiophene rings is 1. The number of anilines is 1. The van der Waals surface area contributed by atoms with Crippen LogP contribution < -0.4 is 15.8 Å². The van der Waals surface area contributed by atoms with Gasteiger partial charge in [-0.1, -0.05) is 23.7 Å². The van der Waals surface area contributed by atoms with Crippen molar-refractivity contribution in [3.63, 3.8) is 0 Å². The summed E-state index contributed by atoms with van der Waals surface area (Å²) in [7, 11) is 5.95. The van der Waals surface area contributed by atoms with Crippen molar-refractivity contribution in [1.29, 1.82) is 0 Å². The third kappa shape index (κ3) is 6.69. The molecule has 0 saturated heterocycles. The van der Waals surface area contributed by atoms with Crippen molar-refractivity contribution in [2.75, 3.05) is 32.6 Å². The van der Waals surface area contributed by atoms with E-state index in [0.29, 0.717) is 15.2 Å². The van der Waals surface area contributed by atoms with E-state index in [1.165, 1.54) is 11.3 Å². The number of imidazole rings is 1. The number of aryl methyl sites for hydroxylation is 1. The molecule has 0 aliphatic rings. The maximum Gasteiger partial charge on any atom is 0.490 e. The number of rotatable bonds is 7. The number of aliphatic carboxylic acids is 1. The molecule has 2 aromatic carbocycles. The lowest BCUT2D eigenvalue weighted by molar-refractivity contribution is -0.192. The second-order valence-electron chi connectivity index (χ2n) is 9.14. The number of alkyl halides is 3. The minimum Gasteiger partial charge on any atom is -0.475 e. The zero-order chi connectivity index (χ0) is 29.9. The average molecular weight is 607 g/mol. The van der Waals surface area contributed by atoms with Gasteiger partial charge in [0.25, 0.3) is 5.56 Å². The highest BCUT2D eigenvalue weighted by Crippen LogP contribution is 2.32. The van der Waals surface area contributed by atoms with E-state index < -0.39 is 12.1 Å². The molecule has 0 amide bonds. The van der Waals surface area contributed by atoms with E-state index in [0.717, 1.165) is 52.6 Å². The molecular weight excluding hydrogens is 581 g/mol. The summed E-state index contributed by atoms with van der Waals surface area (Å²) in [6.45, 7) is 1.80. The SMILES string of the molecule is CNCCCn1c(N(C)C)nc2cc(-n3cnc4cc(-c5ccc(Cl)cc5)sc4c3=O)ccc21.O=C(O)C(F)(F)F. The number of nitrogens with one attached hydrogen (secondary N) is 1. The number of fused-ring (bicyclic) bond motifs is 2. The van der Waals surface area contributed by atoms with Gasteiger partial charge in [0, 0.05) is 30.5 Å². The normalized spacial score (nSPS) is 11.5. The molecule has 9 nitrogen and oxygen atoms in total. The van der Waals surface area contributed by atoms with Gasteiger partial charge < -0.3 is 19.9 Å². The summed E-state index contributed by atoms with van der Waals surface area (Å²) in [5.41, 5.74) is 4.27. The lowest BCUT2D eigenvalue weighted by Gasteiger charge is -2.14. The Kier molecular flexibility index (Phi) is 9.00. The third-order valence-corrected chi connectivity index (χ3v) is 7.42. The van der Waals surface area contributed by atoms with Gasteiger partial charge >= 0.3 is 12.1 Å². The smallest absolute Gasteiger partial charge is 0.475 e. The molecule has 0 atom stereocenters. The molecule has 0 bridgehead atoms. The summed E-state index contributed by atoms with van der Waals surface area (Å²) < 4.78 is 36.2. The molecule has 5 rings (SSSR count). The van der Waals surface area contributed by atoms with Crippen LogP contribution in [0, 0.1) is 0 Å². The molecule has 0 unspecified atom stereocenters. The van der Waals surface area contributed by atoms with Crippen LogP contribution in [-0.4, -0.2) is 64.0 Å². The lowest BCUT2D eigenvalue weighted by atomic mass is 10.2. The Morgan fingerprint density at radius 3 is 2.41 bits per heavy atom. The van der Waals surface area contributed by atoms with Gasteiger partial charge in [-0.05, 0) is 62.0 Å². The van der Waals surface area contributed by atoms with Crippen LogP contribution in [0.4, 0.5) is 19.1 Å². The van der Waals surface area contributed by atoms with Crippen LogP contribution in [0.3, 0.4) is 0 Å². The Balaban J connectivity index is 0.000000493. The predicted molar refractivity (Wildman–Crippen MR) is 156 cm³/mol. The summed E-state index contributed by atoms with van der Waals surface area (Å²) in [5, 5.41) is 11.0. The fourth-order valence-corrected chi connectivity index (χ4v) is 5.26. The van der Waals surface area contributed by atoms with E-state index in [-0.39, 0.29) is 5.56 Å². The topological polar surface area (TPSA) is 105 Å². The maximum atomic E-state index is 13.4. The summed E-state index contributed by atoms with van der Waals surface area (Å²) in [6.07, 6.45) is -2.49. The van der Waals surface area contributed by atoms with Gasteiger partial charge in [0.1, 0.15) is 11.0 Å². The molecule has 0 aliphatic heterocycles. The average Bonchev–Trinajstić information content (AvgIpc) is 3.52. The van der Waals surface area contributed by atoms with E-state index in [9.17, 15) is 18.0 Å². The Bertz CT molecular complexity index is 1750. The molecule has 0 saturated carbocycles. The number of hydrogen-bond acceptors (Lipinski definition) is 7. The third-order valence-electron chi connectivity index (χ3n) is 6.01. The Morgan fingerprint density at radius 2 is 1.80 bits per heavy atom. The zero-order valence-corrected chi connectivity index (χ0v) is 23.8. The van der Waals surface area contributed by atoms with Crippen LogP contribution in [0.25, 0.3) is 37.4 Å². The Hall–Kier alpha value is -3.94. The van der Waals surface area contributed by atoms with Gasteiger partial charge in [-0.2, -0.15) is 13.2 Å². The number of hydrogen-bond donors (Lipinski definition) is 2. The van der Waals surface area contributed by atoms with Gasteiger partial charge in [-0.25, -0.2) is 14.8 Å². The number of carbonyl (C=O) groups is 1. The first kappa shape index (κ1) is 30.0. The molecular formula is C27H26ClF3N6O3S. The fraction of sp³-hybridized carbons (Fsp3) is 0.259. The van der Waals surface area contributed by atoms with E-state index in [1.54, 1.807) is 10.9 Å². The first-order valence-electron chi connectivity index (χ1n) is 12.3. The molecule has 3 heterocycles. The van der Waals surface area contributed by atoms with Gasteiger partial charge in [-0.15, -0.1) is 11.3 Å². The fourth-order valence-electron chi connectivity index (χ4n) is 4.08. The van der Waals surface area contributed by atoms with E-state index in [1.807, 2.05) is 74.6 Å². The minimum absolute atomic E-state index is 0.0872. The zero-order valence-electron chi connectivity index (χ0n) is 22.2. The monoisotopic (exact) mass is 606 g/mol. The molecule has 0 radical (unpaired) electrons. The van der Waals surface area contributed by atoms with Crippen molar-refractivity contribution in [2.24, 2.45) is 0 Å². The molecule has 14 heteroatoms. The standard InChI is InChI=1S/C25H25ClN6OS.C2HF3O2/c1-27-11-4-12-31-21-10-9-18(13-19(21)29-25(31)30(2)3)32-15-28-20-14-22(34-23(20)24(32)33)16-5-7-17(26)8-6-16;3-2(4,5)1(6)7/h5-10,13-15,27H,4,11-12H2,1-3H3;(H,6,7). The molecule has 0 spiro atoms. The second-order valence-corrected chi connectivity index (χ2v) is 10.6. The number of nitrogens with zero attached hydrogens (tertiary/aromatic N) is 5. The first-order chi connectivity index (χ1) is 19.4. The summed E-state index contributed by atoms with van der Waals surface area (Å²) >= 11 is 7.46. The van der Waals surface area contributed by atoms with Gasteiger partial charge in [-0.3, -0.25) is 9.36 Å². The number of aromatic nitrogens is 4. The highest BCUT2D eigenvalue weighted by Gasteiger charge is 2.38. The summed E-state index contributed by atoms with van der Waals surface area (Å²) in [6, 6.07) is 15.5. The van der Waals surface area contributed by atoms with Crippen LogP contribution in [-0.2, 0) is 11.3 Å². The van der Waals surface area contributed by atoms with Crippen molar-refractivity contribution in [1.82, 2.24) is 24.4 Å². The molecule has 2 N–H and O–H groups in total. The van der Waals surface area contributed by atoms with Crippen LogP contribution in [0.1, 0.15) is 6.42 Å². The van der Waals surface area contributed by atoms with Crippen LogP contribution in [0.2, 0.25) is 5.02 Å². The van der Waals surface area contributed by atoms with E-state index in [4.69, 9.17) is 26.5 Å². The number of carboxylic acid groups (broad SMARTS) is 1. The Morgan fingerprint density at radius 1 is 1.12 bits per heavy atom. The van der Waals surface area contributed by atoms with E-state index in [2.05, 4.69) is 14.9 Å². The quantitative estimate of drug-likeness (QED) is 0.238. The maximum absolute atomic E-state index is 13.4. The van der Waals surface area contributed by atoms with Crippen molar-refractivity contribution in [3.8, 4) is 16.1 Å². The molecule has 3 aromatic heterocycles. The molecule has 216 valence electrons. The number of carboxylic acids is 1. The summed E-state index contributed by atoms with van der Waals surface area (Å²) in [4.78, 5) is 34.7.